The zero-order chi connectivity index (χ0) is 18.4. The Morgan fingerprint density at radius 1 is 1.12 bits per heavy atom. The lowest BCUT2D eigenvalue weighted by Gasteiger charge is -2.16. The highest BCUT2D eigenvalue weighted by atomic mass is 79.9. The summed E-state index contributed by atoms with van der Waals surface area (Å²) >= 11 is 3.55. The molecule has 0 saturated carbocycles. The van der Waals surface area contributed by atoms with Gasteiger partial charge in [0.25, 0.3) is 0 Å². The van der Waals surface area contributed by atoms with Crippen LogP contribution in [0.25, 0.3) is 11.0 Å². The van der Waals surface area contributed by atoms with Crippen molar-refractivity contribution in [3.63, 3.8) is 0 Å². The molecule has 6 heteroatoms. The second-order valence-corrected chi connectivity index (χ2v) is 7.40. The maximum atomic E-state index is 5.74. The fourth-order valence-corrected chi connectivity index (χ4v) is 3.21. The lowest BCUT2D eigenvalue weighted by atomic mass is 10.2. The molecule has 0 aliphatic rings. The lowest BCUT2D eigenvalue weighted by molar-refractivity contribution is 0.111. The van der Waals surface area contributed by atoms with Gasteiger partial charge in [0.1, 0.15) is 5.52 Å². The number of rotatable bonds is 9. The Hall–Kier alpha value is -1.76. The predicted molar refractivity (Wildman–Crippen MR) is 108 cm³/mol. The second-order valence-electron chi connectivity index (χ2n) is 6.55. The molecule has 0 unspecified atom stereocenters. The van der Waals surface area contributed by atoms with Crippen molar-refractivity contribution in [1.29, 1.82) is 0 Å². The first kappa shape index (κ1) is 19.0. The SMILES string of the molecule is Cc1c(Br)ccc2c1nnn2CCN(C)CCCOCc1ccccc1. The average molecular weight is 417 g/mol. The zero-order valence-corrected chi connectivity index (χ0v) is 16.9. The van der Waals surface area contributed by atoms with Gasteiger partial charge in [-0.05, 0) is 43.7 Å². The lowest BCUT2D eigenvalue weighted by Crippen LogP contribution is -2.25. The Morgan fingerprint density at radius 3 is 2.73 bits per heavy atom. The summed E-state index contributed by atoms with van der Waals surface area (Å²) in [4.78, 5) is 2.31. The van der Waals surface area contributed by atoms with E-state index in [1.54, 1.807) is 0 Å². The van der Waals surface area contributed by atoms with Crippen LogP contribution in [-0.4, -0.2) is 46.6 Å². The van der Waals surface area contributed by atoms with Gasteiger partial charge in [0.15, 0.2) is 0 Å². The third-order valence-corrected chi connectivity index (χ3v) is 5.37. The van der Waals surface area contributed by atoms with E-state index < -0.39 is 0 Å². The number of aryl methyl sites for hydroxylation is 1. The predicted octanol–water partition coefficient (Wildman–Crippen LogP) is 4.04. The Balaban J connectivity index is 1.39. The van der Waals surface area contributed by atoms with Crippen LogP contribution in [-0.2, 0) is 17.9 Å². The first-order chi connectivity index (χ1) is 12.6. The van der Waals surface area contributed by atoms with Crippen molar-refractivity contribution in [2.75, 3.05) is 26.7 Å². The summed E-state index contributed by atoms with van der Waals surface area (Å²) in [5.74, 6) is 0. The number of halogens is 1. The van der Waals surface area contributed by atoms with Crippen LogP contribution >= 0.6 is 15.9 Å². The van der Waals surface area contributed by atoms with Crippen LogP contribution in [0, 0.1) is 6.92 Å². The van der Waals surface area contributed by atoms with Crippen molar-refractivity contribution in [1.82, 2.24) is 19.9 Å². The highest BCUT2D eigenvalue weighted by Crippen LogP contribution is 2.23. The Bertz CT molecular complexity index is 834. The van der Waals surface area contributed by atoms with E-state index in [0.29, 0.717) is 6.61 Å². The molecule has 2 aromatic carbocycles. The molecule has 138 valence electrons. The smallest absolute Gasteiger partial charge is 0.117 e. The number of nitrogens with zero attached hydrogens (tertiary/aromatic N) is 4. The van der Waals surface area contributed by atoms with Crippen LogP contribution in [0.2, 0.25) is 0 Å². The average Bonchev–Trinajstić information content (AvgIpc) is 3.07. The number of benzene rings is 2. The molecule has 5 nitrogen and oxygen atoms in total. The fourth-order valence-electron chi connectivity index (χ4n) is 2.89. The topological polar surface area (TPSA) is 43.2 Å². The molecule has 1 heterocycles. The molecule has 3 aromatic rings. The summed E-state index contributed by atoms with van der Waals surface area (Å²) in [6, 6.07) is 14.4. The molecule has 0 fully saturated rings. The van der Waals surface area contributed by atoms with Crippen molar-refractivity contribution >= 4 is 27.0 Å². The van der Waals surface area contributed by atoms with Gasteiger partial charge >= 0.3 is 0 Å². The van der Waals surface area contributed by atoms with Crippen molar-refractivity contribution in [2.45, 2.75) is 26.5 Å². The molecule has 0 aliphatic carbocycles. The fraction of sp³-hybridized carbons (Fsp3) is 0.400. The van der Waals surface area contributed by atoms with E-state index in [1.807, 2.05) is 22.9 Å². The Morgan fingerprint density at radius 2 is 1.92 bits per heavy atom. The molecule has 0 saturated heterocycles. The first-order valence-electron chi connectivity index (χ1n) is 8.93. The molecular formula is C20H25BrN4O. The van der Waals surface area contributed by atoms with Crippen LogP contribution < -0.4 is 0 Å². The summed E-state index contributed by atoms with van der Waals surface area (Å²) in [6.45, 7) is 6.30. The summed E-state index contributed by atoms with van der Waals surface area (Å²) in [5, 5.41) is 8.62. The van der Waals surface area contributed by atoms with Crippen LogP contribution in [0.3, 0.4) is 0 Å². The molecular weight excluding hydrogens is 392 g/mol. The standard InChI is InChI=1S/C20H25BrN4O/c1-16-18(21)9-10-19-20(16)22-23-25(19)13-12-24(2)11-6-14-26-15-17-7-4-3-5-8-17/h3-5,7-10H,6,11-15H2,1-2H3. The van der Waals surface area contributed by atoms with E-state index >= 15 is 0 Å². The number of fused-ring (bicyclic) bond motifs is 1. The number of aromatic nitrogens is 3. The molecule has 0 radical (unpaired) electrons. The molecule has 0 aliphatic heterocycles. The van der Waals surface area contributed by atoms with E-state index in [4.69, 9.17) is 4.74 Å². The van der Waals surface area contributed by atoms with Crippen LogP contribution in [0.1, 0.15) is 17.5 Å². The number of hydrogen-bond donors (Lipinski definition) is 0. The van der Waals surface area contributed by atoms with Gasteiger partial charge in [-0.2, -0.15) is 0 Å². The zero-order valence-electron chi connectivity index (χ0n) is 15.4. The molecule has 0 atom stereocenters. The summed E-state index contributed by atoms with van der Waals surface area (Å²) in [6.07, 6.45) is 1.02. The number of ether oxygens (including phenoxy) is 1. The summed E-state index contributed by atoms with van der Waals surface area (Å²) < 4.78 is 8.80. The van der Waals surface area contributed by atoms with E-state index in [-0.39, 0.29) is 0 Å². The van der Waals surface area contributed by atoms with Crippen molar-refractivity contribution in [2.24, 2.45) is 0 Å². The molecule has 1 aromatic heterocycles. The maximum Gasteiger partial charge on any atom is 0.117 e. The second kappa shape index (κ2) is 9.26. The third-order valence-electron chi connectivity index (χ3n) is 4.51. The molecule has 0 spiro atoms. The molecule has 3 rings (SSSR count). The molecule has 0 bridgehead atoms. The minimum atomic E-state index is 0.685. The van der Waals surface area contributed by atoms with Gasteiger partial charge in [0.05, 0.1) is 18.7 Å². The Kier molecular flexibility index (Phi) is 6.77. The van der Waals surface area contributed by atoms with E-state index in [2.05, 4.69) is 69.4 Å². The van der Waals surface area contributed by atoms with E-state index in [0.717, 1.165) is 53.7 Å². The minimum absolute atomic E-state index is 0.685. The summed E-state index contributed by atoms with van der Waals surface area (Å²) in [5.41, 5.74) is 4.42. The van der Waals surface area contributed by atoms with Crippen molar-refractivity contribution < 1.29 is 4.74 Å². The molecule has 0 N–H and O–H groups in total. The molecule has 26 heavy (non-hydrogen) atoms. The quantitative estimate of drug-likeness (QED) is 0.493. The first-order valence-corrected chi connectivity index (χ1v) is 9.73. The van der Waals surface area contributed by atoms with Crippen LogP contribution in [0.15, 0.2) is 46.9 Å². The van der Waals surface area contributed by atoms with E-state index in [9.17, 15) is 0 Å². The van der Waals surface area contributed by atoms with Gasteiger partial charge in [-0.1, -0.05) is 51.5 Å². The van der Waals surface area contributed by atoms with Gasteiger partial charge in [-0.25, -0.2) is 4.68 Å². The number of hydrogen-bond acceptors (Lipinski definition) is 4. The Labute approximate surface area is 163 Å². The normalized spacial score (nSPS) is 11.5. The number of likely N-dealkylation sites (N-methyl/N-ethyl adjacent to an activating group) is 1. The van der Waals surface area contributed by atoms with Gasteiger partial charge in [0.2, 0.25) is 0 Å². The van der Waals surface area contributed by atoms with Crippen LogP contribution in [0.4, 0.5) is 0 Å². The monoisotopic (exact) mass is 416 g/mol. The molecule has 0 amide bonds. The largest absolute Gasteiger partial charge is 0.377 e. The van der Waals surface area contributed by atoms with Gasteiger partial charge in [-0.15, -0.1) is 5.10 Å². The maximum absolute atomic E-state index is 5.74. The highest BCUT2D eigenvalue weighted by molar-refractivity contribution is 9.10. The third kappa shape index (κ3) is 4.90. The van der Waals surface area contributed by atoms with Crippen molar-refractivity contribution in [3.05, 3.63) is 58.1 Å². The minimum Gasteiger partial charge on any atom is -0.377 e. The van der Waals surface area contributed by atoms with Gasteiger partial charge in [0, 0.05) is 24.2 Å². The van der Waals surface area contributed by atoms with Gasteiger partial charge in [-0.3, -0.25) is 0 Å². The van der Waals surface area contributed by atoms with Crippen LogP contribution in [0.5, 0.6) is 0 Å². The van der Waals surface area contributed by atoms with E-state index in [1.165, 1.54) is 5.56 Å². The van der Waals surface area contributed by atoms with Gasteiger partial charge < -0.3 is 9.64 Å². The highest BCUT2D eigenvalue weighted by Gasteiger charge is 2.09. The van der Waals surface area contributed by atoms with Crippen molar-refractivity contribution in [3.8, 4) is 0 Å². The summed E-state index contributed by atoms with van der Waals surface area (Å²) in [7, 11) is 2.14.